The first-order valence-electron chi connectivity index (χ1n) is 4.70. The lowest BCUT2D eigenvalue weighted by Gasteiger charge is -2.31. The van der Waals surface area contributed by atoms with Crippen LogP contribution in [0.4, 0.5) is 0 Å². The minimum atomic E-state index is -0.794. The van der Waals surface area contributed by atoms with E-state index in [-0.39, 0.29) is 11.5 Å². The Balaban J connectivity index is 2.45. The van der Waals surface area contributed by atoms with Gasteiger partial charge in [-0.05, 0) is 31.6 Å². The molecular formula is C11H12O4. The van der Waals surface area contributed by atoms with Crippen LogP contribution in [-0.4, -0.2) is 22.1 Å². The Kier molecular flexibility index (Phi) is 2.07. The van der Waals surface area contributed by atoms with Crippen molar-refractivity contribution in [1.82, 2.24) is 0 Å². The van der Waals surface area contributed by atoms with Gasteiger partial charge in [0.05, 0.1) is 0 Å². The summed E-state index contributed by atoms with van der Waals surface area (Å²) in [7, 11) is 0. The number of hydrogen-bond acceptors (Lipinski definition) is 4. The van der Waals surface area contributed by atoms with Crippen molar-refractivity contribution in [2.24, 2.45) is 5.92 Å². The SMILES string of the molecule is CC1=CC2OC(C)=C(O)C(=O)C2C(O)=C1. The van der Waals surface area contributed by atoms with Crippen LogP contribution in [0.5, 0.6) is 0 Å². The highest BCUT2D eigenvalue weighted by atomic mass is 16.5. The van der Waals surface area contributed by atoms with Gasteiger partial charge in [0.1, 0.15) is 23.5 Å². The summed E-state index contributed by atoms with van der Waals surface area (Å²) in [6.45, 7) is 3.34. The molecule has 1 heterocycles. The summed E-state index contributed by atoms with van der Waals surface area (Å²) < 4.78 is 5.35. The molecule has 4 heteroatoms. The molecule has 1 aliphatic carbocycles. The number of ketones is 1. The van der Waals surface area contributed by atoms with Gasteiger partial charge in [0.2, 0.25) is 5.78 Å². The molecule has 0 aromatic carbocycles. The Morgan fingerprint density at radius 1 is 1.33 bits per heavy atom. The van der Waals surface area contributed by atoms with Crippen LogP contribution in [0, 0.1) is 5.92 Å². The molecule has 0 amide bonds. The third-order valence-corrected chi connectivity index (χ3v) is 2.61. The van der Waals surface area contributed by atoms with Crippen molar-refractivity contribution in [2.75, 3.05) is 0 Å². The molecule has 80 valence electrons. The van der Waals surface area contributed by atoms with Crippen molar-refractivity contribution in [1.29, 1.82) is 0 Å². The first-order valence-corrected chi connectivity index (χ1v) is 4.70. The normalized spacial score (nSPS) is 30.4. The number of Topliss-reactive ketones (excluding diaryl/α,β-unsaturated/α-hetero) is 1. The van der Waals surface area contributed by atoms with Crippen LogP contribution in [0.1, 0.15) is 13.8 Å². The fraction of sp³-hybridized carbons (Fsp3) is 0.364. The van der Waals surface area contributed by atoms with Crippen molar-refractivity contribution in [2.45, 2.75) is 20.0 Å². The zero-order valence-corrected chi connectivity index (χ0v) is 8.52. The monoisotopic (exact) mass is 208 g/mol. The van der Waals surface area contributed by atoms with E-state index in [2.05, 4.69) is 0 Å². The van der Waals surface area contributed by atoms with Crippen molar-refractivity contribution in [3.8, 4) is 0 Å². The van der Waals surface area contributed by atoms with E-state index in [1.807, 2.05) is 6.92 Å². The summed E-state index contributed by atoms with van der Waals surface area (Å²) in [4.78, 5) is 11.7. The number of ether oxygens (including phenoxy) is 1. The summed E-state index contributed by atoms with van der Waals surface area (Å²) in [6, 6.07) is 0. The van der Waals surface area contributed by atoms with E-state index in [0.717, 1.165) is 5.57 Å². The first-order chi connectivity index (χ1) is 7.00. The number of hydrogen-bond donors (Lipinski definition) is 2. The minimum Gasteiger partial charge on any atom is -0.511 e. The second-order valence-electron chi connectivity index (χ2n) is 3.81. The van der Waals surface area contributed by atoms with Crippen LogP contribution in [0.15, 0.2) is 35.0 Å². The van der Waals surface area contributed by atoms with Crippen molar-refractivity contribution in [3.63, 3.8) is 0 Å². The lowest BCUT2D eigenvalue weighted by atomic mass is 9.86. The molecule has 0 aromatic heterocycles. The van der Waals surface area contributed by atoms with Crippen LogP contribution in [0.3, 0.4) is 0 Å². The predicted octanol–water partition coefficient (Wildman–Crippen LogP) is 1.76. The highest BCUT2D eigenvalue weighted by molar-refractivity contribution is 5.98. The van der Waals surface area contributed by atoms with Gasteiger partial charge in [-0.25, -0.2) is 0 Å². The number of aliphatic hydroxyl groups excluding tert-OH is 2. The molecule has 2 N–H and O–H groups in total. The van der Waals surface area contributed by atoms with Gasteiger partial charge in [0.25, 0.3) is 0 Å². The van der Waals surface area contributed by atoms with E-state index >= 15 is 0 Å². The highest BCUT2D eigenvalue weighted by Crippen LogP contribution is 2.33. The molecule has 0 saturated carbocycles. The Bertz CT molecular complexity index is 414. The fourth-order valence-electron chi connectivity index (χ4n) is 1.86. The Hall–Kier alpha value is -1.71. The molecule has 0 saturated heterocycles. The van der Waals surface area contributed by atoms with E-state index in [4.69, 9.17) is 4.74 Å². The molecule has 2 rings (SSSR count). The van der Waals surface area contributed by atoms with Crippen molar-refractivity contribution in [3.05, 3.63) is 35.0 Å². The average molecular weight is 208 g/mol. The molecular weight excluding hydrogens is 196 g/mol. The third kappa shape index (κ3) is 1.42. The number of carbonyl (C=O) groups excluding carboxylic acids is 1. The minimum absolute atomic E-state index is 0.0518. The molecule has 0 fully saturated rings. The molecule has 0 spiro atoms. The van der Waals surface area contributed by atoms with Gasteiger partial charge < -0.3 is 14.9 Å². The van der Waals surface area contributed by atoms with E-state index in [9.17, 15) is 15.0 Å². The first kappa shape index (κ1) is 9.83. The zero-order chi connectivity index (χ0) is 11.2. The number of aliphatic hydroxyl groups is 2. The van der Waals surface area contributed by atoms with Crippen LogP contribution in [-0.2, 0) is 9.53 Å². The van der Waals surface area contributed by atoms with E-state index in [1.165, 1.54) is 13.0 Å². The largest absolute Gasteiger partial charge is 0.511 e. The Morgan fingerprint density at radius 3 is 2.67 bits per heavy atom. The summed E-state index contributed by atoms with van der Waals surface area (Å²) in [5.41, 5.74) is 0.843. The zero-order valence-electron chi connectivity index (χ0n) is 8.52. The summed E-state index contributed by atoms with van der Waals surface area (Å²) in [5, 5.41) is 19.0. The Morgan fingerprint density at radius 2 is 2.00 bits per heavy atom. The number of carbonyl (C=O) groups is 1. The average Bonchev–Trinajstić information content (AvgIpc) is 2.13. The summed E-state index contributed by atoms with van der Waals surface area (Å²) >= 11 is 0. The molecule has 1 aliphatic heterocycles. The van der Waals surface area contributed by atoms with Gasteiger partial charge >= 0.3 is 0 Å². The summed E-state index contributed by atoms with van der Waals surface area (Å²) in [6.07, 6.45) is 2.77. The van der Waals surface area contributed by atoms with Crippen LogP contribution < -0.4 is 0 Å². The van der Waals surface area contributed by atoms with Gasteiger partial charge in [0, 0.05) is 0 Å². The Labute approximate surface area is 87.2 Å². The molecule has 2 unspecified atom stereocenters. The van der Waals surface area contributed by atoms with Gasteiger partial charge in [-0.15, -0.1) is 0 Å². The molecule has 2 aliphatic rings. The van der Waals surface area contributed by atoms with Crippen molar-refractivity contribution >= 4 is 5.78 Å². The second kappa shape index (κ2) is 3.15. The topological polar surface area (TPSA) is 66.8 Å². The lowest BCUT2D eigenvalue weighted by molar-refractivity contribution is -0.127. The van der Waals surface area contributed by atoms with Crippen molar-refractivity contribution < 1.29 is 19.7 Å². The molecule has 0 aromatic rings. The van der Waals surface area contributed by atoms with Crippen LogP contribution in [0.2, 0.25) is 0 Å². The quantitative estimate of drug-likeness (QED) is 0.636. The molecule has 0 radical (unpaired) electrons. The van der Waals surface area contributed by atoms with Gasteiger partial charge in [-0.2, -0.15) is 0 Å². The fourth-order valence-corrected chi connectivity index (χ4v) is 1.86. The molecule has 0 bridgehead atoms. The number of rotatable bonds is 0. The smallest absolute Gasteiger partial charge is 0.215 e. The number of allylic oxidation sites excluding steroid dienone is 4. The second-order valence-corrected chi connectivity index (χ2v) is 3.81. The van der Waals surface area contributed by atoms with Gasteiger partial charge in [-0.3, -0.25) is 4.79 Å². The third-order valence-electron chi connectivity index (χ3n) is 2.61. The maximum atomic E-state index is 11.7. The number of fused-ring (bicyclic) bond motifs is 1. The van der Waals surface area contributed by atoms with E-state index in [1.54, 1.807) is 6.08 Å². The van der Waals surface area contributed by atoms with Gasteiger partial charge in [0.15, 0.2) is 5.76 Å². The predicted molar refractivity (Wildman–Crippen MR) is 53.2 cm³/mol. The molecule has 4 nitrogen and oxygen atoms in total. The maximum absolute atomic E-state index is 11.7. The van der Waals surface area contributed by atoms with E-state index in [0.29, 0.717) is 0 Å². The van der Waals surface area contributed by atoms with Crippen LogP contribution in [0.25, 0.3) is 0 Å². The molecule has 2 atom stereocenters. The van der Waals surface area contributed by atoms with Gasteiger partial charge in [-0.1, -0.05) is 0 Å². The lowest BCUT2D eigenvalue weighted by Crippen LogP contribution is -2.38. The standard InChI is InChI=1S/C11H12O4/c1-5-3-7(12)9-8(4-5)15-6(2)10(13)11(9)14/h3-4,8-9,12-13H,1-2H3. The molecule has 15 heavy (non-hydrogen) atoms. The highest BCUT2D eigenvalue weighted by Gasteiger charge is 2.41. The van der Waals surface area contributed by atoms with Crippen LogP contribution >= 0.6 is 0 Å². The van der Waals surface area contributed by atoms with E-state index < -0.39 is 23.6 Å². The summed E-state index contributed by atoms with van der Waals surface area (Å²) in [5.74, 6) is -1.52. The maximum Gasteiger partial charge on any atom is 0.215 e.